The van der Waals surface area contributed by atoms with Crippen molar-refractivity contribution < 1.29 is 0 Å². The molecule has 0 aliphatic rings. The average Bonchev–Trinajstić information content (AvgIpc) is 2.18. The third-order valence-electron chi connectivity index (χ3n) is 1.41. The van der Waals surface area contributed by atoms with E-state index in [0.29, 0.717) is 0 Å². The van der Waals surface area contributed by atoms with Gasteiger partial charge in [-0.2, -0.15) is 0 Å². The van der Waals surface area contributed by atoms with Crippen molar-refractivity contribution in [3.05, 3.63) is 37.7 Å². The number of rotatable bonds is 5. The van der Waals surface area contributed by atoms with Gasteiger partial charge < -0.3 is 4.90 Å². The van der Waals surface area contributed by atoms with Gasteiger partial charge >= 0.3 is 0 Å². The van der Waals surface area contributed by atoms with E-state index in [0.717, 1.165) is 6.54 Å². The van der Waals surface area contributed by atoms with Crippen LogP contribution >= 0.6 is 0 Å². The summed E-state index contributed by atoms with van der Waals surface area (Å²) >= 11 is 0. The van der Waals surface area contributed by atoms with Gasteiger partial charge in [-0.15, -0.1) is 6.58 Å². The molecule has 0 aromatic carbocycles. The molecule has 76 valence electrons. The molecular weight excluding hydrogens is 158 g/mol. The molecule has 0 saturated heterocycles. The molecule has 0 saturated carbocycles. The van der Waals surface area contributed by atoms with Crippen molar-refractivity contribution in [3.8, 4) is 0 Å². The molecule has 0 radical (unpaired) electrons. The topological polar surface area (TPSA) is 3.24 Å². The first-order valence-electron chi connectivity index (χ1n) is 4.88. The van der Waals surface area contributed by atoms with Crippen LogP contribution in [0.1, 0.15) is 33.6 Å². The van der Waals surface area contributed by atoms with Crippen molar-refractivity contribution in [2.24, 2.45) is 0 Å². The van der Waals surface area contributed by atoms with Crippen LogP contribution in [0.2, 0.25) is 0 Å². The van der Waals surface area contributed by atoms with Gasteiger partial charge in [0.2, 0.25) is 0 Å². The van der Waals surface area contributed by atoms with E-state index in [9.17, 15) is 0 Å². The Morgan fingerprint density at radius 1 is 1.15 bits per heavy atom. The molecule has 0 N–H and O–H groups in total. The molecule has 0 fully saturated rings. The summed E-state index contributed by atoms with van der Waals surface area (Å²) in [5.74, 6) is 0. The average molecular weight is 181 g/mol. The molecule has 0 bridgehead atoms. The minimum absolute atomic E-state index is 0.827. The second kappa shape index (κ2) is 13.6. The summed E-state index contributed by atoms with van der Waals surface area (Å²) in [5.41, 5.74) is 0. The molecule has 13 heavy (non-hydrogen) atoms. The molecule has 0 aliphatic heterocycles. The fourth-order valence-electron chi connectivity index (χ4n) is 0.537. The predicted molar refractivity (Wildman–Crippen MR) is 62.5 cm³/mol. The lowest BCUT2D eigenvalue weighted by Gasteiger charge is -2.09. The zero-order chi connectivity index (χ0) is 10.5. The molecule has 0 spiro atoms. The number of hydrogen-bond donors (Lipinski definition) is 0. The van der Waals surface area contributed by atoms with Gasteiger partial charge in [0, 0.05) is 6.54 Å². The lowest BCUT2D eigenvalue weighted by molar-refractivity contribution is 0.567. The minimum Gasteiger partial charge on any atom is -0.351 e. The highest BCUT2D eigenvalue weighted by Crippen LogP contribution is 1.88. The maximum atomic E-state index is 3.63. The third-order valence-corrected chi connectivity index (χ3v) is 1.41. The van der Waals surface area contributed by atoms with Crippen LogP contribution < -0.4 is 0 Å². The van der Waals surface area contributed by atoms with E-state index in [-0.39, 0.29) is 0 Å². The molecule has 0 aromatic heterocycles. The summed E-state index contributed by atoms with van der Waals surface area (Å²) in [6.07, 6.45) is 10.2. The highest BCUT2D eigenvalue weighted by Gasteiger charge is 1.83. The highest BCUT2D eigenvalue weighted by molar-refractivity contribution is 4.89. The molecule has 1 heteroatoms. The smallest absolute Gasteiger partial charge is 0.0397 e. The van der Waals surface area contributed by atoms with Crippen LogP contribution in [0.15, 0.2) is 37.7 Å². The van der Waals surface area contributed by atoms with Gasteiger partial charge in [0.05, 0.1) is 0 Å². The van der Waals surface area contributed by atoms with Gasteiger partial charge in [-0.25, -0.2) is 0 Å². The Bertz CT molecular complexity index is 134. The molecule has 0 amide bonds. The van der Waals surface area contributed by atoms with Crippen molar-refractivity contribution in [1.29, 1.82) is 0 Å². The molecule has 0 unspecified atom stereocenters. The lowest BCUT2D eigenvalue weighted by Crippen LogP contribution is -2.07. The standard InChI is InChI=1S/C8H13N.C4H10/c1-4-7-9(6-3)8-5-2;1-3-4-2/h4-6,8H,1,3,7H2,2H3;3-4H2,1-2H3/b8-5-;. The number of allylic oxidation sites excluding steroid dienone is 1. The lowest BCUT2D eigenvalue weighted by atomic mass is 10.4. The van der Waals surface area contributed by atoms with Gasteiger partial charge in [-0.3, -0.25) is 0 Å². The molecular formula is C12H23N. The first-order valence-corrected chi connectivity index (χ1v) is 4.88. The van der Waals surface area contributed by atoms with Crippen molar-refractivity contribution in [1.82, 2.24) is 4.90 Å². The Kier molecular flexibility index (Phi) is 15.2. The number of nitrogens with zero attached hydrogens (tertiary/aromatic N) is 1. The van der Waals surface area contributed by atoms with Gasteiger partial charge in [-0.1, -0.05) is 45.4 Å². The van der Waals surface area contributed by atoms with Crippen molar-refractivity contribution in [2.45, 2.75) is 33.6 Å². The SMILES string of the molecule is C=CCN(C=C)/C=C\C.CCCC. The van der Waals surface area contributed by atoms with Crippen molar-refractivity contribution >= 4 is 0 Å². The van der Waals surface area contributed by atoms with Gasteiger partial charge in [0.15, 0.2) is 0 Å². The summed E-state index contributed by atoms with van der Waals surface area (Å²) in [6, 6.07) is 0. The summed E-state index contributed by atoms with van der Waals surface area (Å²) in [4.78, 5) is 1.95. The van der Waals surface area contributed by atoms with Crippen LogP contribution in [0.25, 0.3) is 0 Å². The van der Waals surface area contributed by atoms with E-state index in [2.05, 4.69) is 27.0 Å². The van der Waals surface area contributed by atoms with Crippen LogP contribution in [-0.2, 0) is 0 Å². The summed E-state index contributed by atoms with van der Waals surface area (Å²) in [6.45, 7) is 14.4. The Labute approximate surface area is 83.5 Å². The van der Waals surface area contributed by atoms with Gasteiger partial charge in [0.1, 0.15) is 0 Å². The van der Waals surface area contributed by atoms with Gasteiger partial charge in [0.25, 0.3) is 0 Å². The minimum atomic E-state index is 0.827. The van der Waals surface area contributed by atoms with Crippen LogP contribution in [0.3, 0.4) is 0 Å². The maximum Gasteiger partial charge on any atom is 0.0397 e. The normalized spacial score (nSPS) is 8.85. The second-order valence-corrected chi connectivity index (χ2v) is 2.65. The zero-order valence-electron chi connectivity index (χ0n) is 9.29. The van der Waals surface area contributed by atoms with E-state index >= 15 is 0 Å². The largest absolute Gasteiger partial charge is 0.351 e. The fraction of sp³-hybridized carbons (Fsp3) is 0.500. The first-order chi connectivity index (χ1) is 6.26. The molecule has 0 atom stereocenters. The Balaban J connectivity index is 0. The monoisotopic (exact) mass is 181 g/mol. The van der Waals surface area contributed by atoms with E-state index < -0.39 is 0 Å². The zero-order valence-corrected chi connectivity index (χ0v) is 9.29. The Morgan fingerprint density at radius 3 is 1.92 bits per heavy atom. The number of unbranched alkanes of at least 4 members (excludes halogenated alkanes) is 1. The fourth-order valence-corrected chi connectivity index (χ4v) is 0.537. The van der Waals surface area contributed by atoms with Crippen molar-refractivity contribution in [3.63, 3.8) is 0 Å². The Hall–Kier alpha value is -0.980. The van der Waals surface area contributed by atoms with Gasteiger partial charge in [-0.05, 0) is 19.3 Å². The first kappa shape index (κ1) is 14.5. The summed E-state index contributed by atoms with van der Waals surface area (Å²) < 4.78 is 0. The van der Waals surface area contributed by atoms with Crippen LogP contribution in [-0.4, -0.2) is 11.4 Å². The maximum absolute atomic E-state index is 3.63. The third kappa shape index (κ3) is 13.9. The summed E-state index contributed by atoms with van der Waals surface area (Å²) in [5, 5.41) is 0. The molecule has 0 heterocycles. The van der Waals surface area contributed by atoms with Crippen LogP contribution in [0.5, 0.6) is 0 Å². The van der Waals surface area contributed by atoms with Crippen molar-refractivity contribution in [2.75, 3.05) is 6.54 Å². The van der Waals surface area contributed by atoms with E-state index in [4.69, 9.17) is 0 Å². The van der Waals surface area contributed by atoms with Crippen LogP contribution in [0.4, 0.5) is 0 Å². The second-order valence-electron chi connectivity index (χ2n) is 2.65. The van der Waals surface area contributed by atoms with E-state index in [1.807, 2.05) is 30.2 Å². The molecule has 0 aliphatic carbocycles. The quantitative estimate of drug-likeness (QED) is 0.580. The summed E-state index contributed by atoms with van der Waals surface area (Å²) in [7, 11) is 0. The molecule has 0 rings (SSSR count). The van der Waals surface area contributed by atoms with E-state index in [1.54, 1.807) is 6.20 Å². The van der Waals surface area contributed by atoms with E-state index in [1.165, 1.54) is 12.8 Å². The Morgan fingerprint density at radius 2 is 1.69 bits per heavy atom. The highest BCUT2D eigenvalue weighted by atomic mass is 15.1. The predicted octanol–water partition coefficient (Wildman–Crippen LogP) is 3.96. The molecule has 0 aromatic rings. The number of hydrogen-bond acceptors (Lipinski definition) is 1. The molecule has 1 nitrogen and oxygen atoms in total. The van der Waals surface area contributed by atoms with Crippen LogP contribution in [0, 0.1) is 0 Å².